The Hall–Kier alpha value is -0.610. The Kier molecular flexibility index (Phi) is 2.44. The number of nitrogens with zero attached hydrogens (tertiary/aromatic N) is 1. The van der Waals surface area contributed by atoms with Crippen LogP contribution in [0.4, 0.5) is 0 Å². The van der Waals surface area contributed by atoms with Gasteiger partial charge >= 0.3 is 0 Å². The lowest BCUT2D eigenvalue weighted by Crippen LogP contribution is -2.51. The number of amides is 1. The fourth-order valence-corrected chi connectivity index (χ4v) is 3.14. The van der Waals surface area contributed by atoms with Crippen molar-refractivity contribution in [3.8, 4) is 0 Å². The molecule has 0 bridgehead atoms. The quantitative estimate of drug-likeness (QED) is 0.730. The Bertz CT molecular complexity index is 303. The van der Waals surface area contributed by atoms with E-state index in [1.54, 1.807) is 0 Å². The second-order valence-electron chi connectivity index (χ2n) is 5.46. The summed E-state index contributed by atoms with van der Waals surface area (Å²) in [6, 6.07) is 0.519. The third kappa shape index (κ3) is 1.47. The maximum absolute atomic E-state index is 12.6. The number of ether oxygens (including phenoxy) is 1. The first-order valence-electron chi connectivity index (χ1n) is 6.30. The van der Waals surface area contributed by atoms with Crippen molar-refractivity contribution < 1.29 is 9.53 Å². The average Bonchev–Trinajstić information content (AvgIpc) is 3.06. The van der Waals surface area contributed by atoms with Crippen LogP contribution in [0.1, 0.15) is 19.3 Å². The van der Waals surface area contributed by atoms with E-state index < -0.39 is 0 Å². The molecule has 1 aliphatic carbocycles. The predicted molar refractivity (Wildman–Crippen MR) is 60.0 cm³/mol. The molecule has 3 aliphatic rings. The molecular formula is C12H20N2O2. The first-order chi connectivity index (χ1) is 7.74. The Morgan fingerprint density at radius 3 is 3.06 bits per heavy atom. The van der Waals surface area contributed by atoms with E-state index in [0.717, 1.165) is 32.7 Å². The van der Waals surface area contributed by atoms with Crippen molar-refractivity contribution >= 4 is 5.91 Å². The molecule has 16 heavy (non-hydrogen) atoms. The zero-order valence-electron chi connectivity index (χ0n) is 9.87. The van der Waals surface area contributed by atoms with E-state index in [9.17, 15) is 4.79 Å². The van der Waals surface area contributed by atoms with Crippen molar-refractivity contribution in [2.24, 2.45) is 11.3 Å². The van der Waals surface area contributed by atoms with E-state index >= 15 is 0 Å². The van der Waals surface area contributed by atoms with Gasteiger partial charge < -0.3 is 15.0 Å². The number of carbonyl (C=O) groups is 1. The lowest BCUT2D eigenvalue weighted by Gasteiger charge is -2.39. The Labute approximate surface area is 96.3 Å². The largest absolute Gasteiger partial charge is 0.381 e. The molecule has 0 aromatic carbocycles. The van der Waals surface area contributed by atoms with Gasteiger partial charge in [0.1, 0.15) is 0 Å². The lowest BCUT2D eigenvalue weighted by atomic mass is 9.73. The maximum Gasteiger partial charge on any atom is 0.230 e. The van der Waals surface area contributed by atoms with Crippen LogP contribution in [-0.2, 0) is 9.53 Å². The van der Waals surface area contributed by atoms with Gasteiger partial charge in [-0.1, -0.05) is 0 Å². The van der Waals surface area contributed by atoms with Crippen LogP contribution in [0.25, 0.3) is 0 Å². The molecule has 2 saturated heterocycles. The topological polar surface area (TPSA) is 41.6 Å². The summed E-state index contributed by atoms with van der Waals surface area (Å²) in [6.45, 7) is 3.26. The Morgan fingerprint density at radius 1 is 1.50 bits per heavy atom. The highest BCUT2D eigenvalue weighted by molar-refractivity contribution is 5.84. The Morgan fingerprint density at radius 2 is 2.31 bits per heavy atom. The SMILES string of the molecule is CN(C(=O)C12CCOCC1CNC2)C1CC1. The minimum Gasteiger partial charge on any atom is -0.381 e. The highest BCUT2D eigenvalue weighted by Gasteiger charge is 2.53. The molecule has 1 saturated carbocycles. The number of carbonyl (C=O) groups excluding carboxylic acids is 1. The zero-order chi connectivity index (χ0) is 11.2. The fourth-order valence-electron chi connectivity index (χ4n) is 3.14. The molecule has 4 nitrogen and oxygen atoms in total. The molecule has 90 valence electrons. The molecule has 3 fully saturated rings. The summed E-state index contributed by atoms with van der Waals surface area (Å²) < 4.78 is 5.50. The number of rotatable bonds is 2. The first kappa shape index (κ1) is 10.5. The van der Waals surface area contributed by atoms with E-state index in [-0.39, 0.29) is 5.41 Å². The molecular weight excluding hydrogens is 204 g/mol. The van der Waals surface area contributed by atoms with E-state index in [4.69, 9.17) is 4.74 Å². The van der Waals surface area contributed by atoms with Crippen LogP contribution in [0.15, 0.2) is 0 Å². The summed E-state index contributed by atoms with van der Waals surface area (Å²) in [5.74, 6) is 0.739. The van der Waals surface area contributed by atoms with Gasteiger partial charge in [-0.15, -0.1) is 0 Å². The minimum absolute atomic E-state index is 0.157. The van der Waals surface area contributed by atoms with Crippen LogP contribution < -0.4 is 5.32 Å². The van der Waals surface area contributed by atoms with E-state index in [1.165, 1.54) is 12.8 Å². The molecule has 2 aliphatic heterocycles. The molecule has 2 unspecified atom stereocenters. The number of hydrogen-bond acceptors (Lipinski definition) is 3. The molecule has 0 spiro atoms. The van der Waals surface area contributed by atoms with Gasteiger partial charge in [0.2, 0.25) is 5.91 Å². The summed E-state index contributed by atoms with van der Waals surface area (Å²) in [6.07, 6.45) is 3.26. The summed E-state index contributed by atoms with van der Waals surface area (Å²) >= 11 is 0. The van der Waals surface area contributed by atoms with Gasteiger partial charge in [0.25, 0.3) is 0 Å². The van der Waals surface area contributed by atoms with Gasteiger partial charge in [0, 0.05) is 38.7 Å². The average molecular weight is 224 g/mol. The second-order valence-corrected chi connectivity index (χ2v) is 5.46. The molecule has 0 aromatic rings. The number of fused-ring (bicyclic) bond motifs is 1. The smallest absolute Gasteiger partial charge is 0.230 e. The van der Waals surface area contributed by atoms with Crippen molar-refractivity contribution in [1.29, 1.82) is 0 Å². The molecule has 2 heterocycles. The number of nitrogens with one attached hydrogen (secondary N) is 1. The monoisotopic (exact) mass is 224 g/mol. The molecule has 2 atom stereocenters. The standard InChI is InChI=1S/C12H20N2O2/c1-14(10-2-3-10)11(15)12-4-5-16-7-9(12)6-13-8-12/h9-10,13H,2-8H2,1H3. The van der Waals surface area contributed by atoms with Crippen LogP contribution in [0.3, 0.4) is 0 Å². The van der Waals surface area contributed by atoms with Gasteiger partial charge in [-0.3, -0.25) is 4.79 Å². The third-order valence-electron chi connectivity index (χ3n) is 4.47. The van der Waals surface area contributed by atoms with Crippen molar-refractivity contribution in [2.75, 3.05) is 33.4 Å². The number of hydrogen-bond donors (Lipinski definition) is 1. The summed E-state index contributed by atoms with van der Waals surface area (Å²) in [7, 11) is 1.97. The normalized spacial score (nSPS) is 38.2. The maximum atomic E-state index is 12.6. The fraction of sp³-hybridized carbons (Fsp3) is 0.917. The minimum atomic E-state index is -0.157. The van der Waals surface area contributed by atoms with Gasteiger partial charge in [-0.05, 0) is 19.3 Å². The molecule has 0 radical (unpaired) electrons. The van der Waals surface area contributed by atoms with Gasteiger partial charge in [-0.2, -0.15) is 0 Å². The Balaban J connectivity index is 1.81. The van der Waals surface area contributed by atoms with Crippen molar-refractivity contribution in [2.45, 2.75) is 25.3 Å². The molecule has 1 amide bonds. The molecule has 0 aromatic heterocycles. The summed E-state index contributed by atoms with van der Waals surface area (Å²) in [4.78, 5) is 14.6. The second kappa shape index (κ2) is 3.70. The third-order valence-corrected chi connectivity index (χ3v) is 4.47. The van der Waals surface area contributed by atoms with Crippen molar-refractivity contribution in [1.82, 2.24) is 10.2 Å². The van der Waals surface area contributed by atoms with Crippen LogP contribution in [-0.4, -0.2) is 50.2 Å². The molecule has 1 N–H and O–H groups in total. The summed E-state index contributed by atoms with van der Waals surface area (Å²) in [5.41, 5.74) is -0.157. The highest BCUT2D eigenvalue weighted by atomic mass is 16.5. The lowest BCUT2D eigenvalue weighted by molar-refractivity contribution is -0.149. The van der Waals surface area contributed by atoms with Crippen molar-refractivity contribution in [3.63, 3.8) is 0 Å². The van der Waals surface area contributed by atoms with E-state index in [0.29, 0.717) is 17.9 Å². The predicted octanol–water partition coefficient (Wildman–Crippen LogP) is 0.233. The zero-order valence-corrected chi connectivity index (χ0v) is 9.87. The highest BCUT2D eigenvalue weighted by Crippen LogP contribution is 2.41. The van der Waals surface area contributed by atoms with Gasteiger partial charge in [0.05, 0.1) is 12.0 Å². The van der Waals surface area contributed by atoms with Crippen LogP contribution >= 0.6 is 0 Å². The van der Waals surface area contributed by atoms with E-state index in [1.807, 2.05) is 11.9 Å². The van der Waals surface area contributed by atoms with E-state index in [2.05, 4.69) is 5.32 Å². The molecule has 3 rings (SSSR count). The van der Waals surface area contributed by atoms with Crippen molar-refractivity contribution in [3.05, 3.63) is 0 Å². The van der Waals surface area contributed by atoms with Crippen LogP contribution in [0, 0.1) is 11.3 Å². The molecule has 4 heteroatoms. The first-order valence-corrected chi connectivity index (χ1v) is 6.30. The summed E-state index contributed by atoms with van der Waals surface area (Å²) in [5, 5.41) is 3.37. The van der Waals surface area contributed by atoms with Crippen LogP contribution in [0.2, 0.25) is 0 Å². The van der Waals surface area contributed by atoms with Gasteiger partial charge in [0.15, 0.2) is 0 Å². The van der Waals surface area contributed by atoms with Gasteiger partial charge in [-0.25, -0.2) is 0 Å². The van der Waals surface area contributed by atoms with Crippen LogP contribution in [0.5, 0.6) is 0 Å².